The number of carbonyl (C=O) groups is 1. The molecule has 0 unspecified atom stereocenters. The number of rotatable bonds is 9. The van der Waals surface area contributed by atoms with Gasteiger partial charge in [0.25, 0.3) is 10.0 Å². The van der Waals surface area contributed by atoms with E-state index in [-0.39, 0.29) is 17.5 Å². The number of sulfonamides is 1. The van der Waals surface area contributed by atoms with Gasteiger partial charge in [0.15, 0.2) is 11.5 Å². The lowest BCUT2D eigenvalue weighted by atomic mass is 10.1. The summed E-state index contributed by atoms with van der Waals surface area (Å²) in [5.74, 6) is 0.702. The molecule has 8 heteroatoms. The van der Waals surface area contributed by atoms with Gasteiger partial charge in [0.2, 0.25) is 5.91 Å². The first-order chi connectivity index (χ1) is 16.6. The highest BCUT2D eigenvalue weighted by Crippen LogP contribution is 2.30. The van der Waals surface area contributed by atoms with Crippen molar-refractivity contribution in [3.05, 3.63) is 82.9 Å². The first-order valence-corrected chi connectivity index (χ1v) is 12.7. The number of amides is 1. The number of carbonyl (C=O) groups excluding carboxylic acids is 1. The normalized spacial score (nSPS) is 12.1. The zero-order chi connectivity index (χ0) is 25.8. The maximum atomic E-state index is 13.6. The van der Waals surface area contributed by atoms with Gasteiger partial charge in [0.1, 0.15) is 6.54 Å². The van der Waals surface area contributed by atoms with Crippen LogP contribution in [0.2, 0.25) is 0 Å². The highest BCUT2D eigenvalue weighted by atomic mass is 32.2. The molecule has 0 saturated carbocycles. The van der Waals surface area contributed by atoms with Crippen molar-refractivity contribution in [1.29, 1.82) is 0 Å². The van der Waals surface area contributed by atoms with Crippen LogP contribution in [-0.4, -0.2) is 35.1 Å². The lowest BCUT2D eigenvalue weighted by Crippen LogP contribution is -2.42. The van der Waals surface area contributed by atoms with Crippen LogP contribution in [0.3, 0.4) is 0 Å². The molecule has 186 valence electrons. The van der Waals surface area contributed by atoms with E-state index in [9.17, 15) is 13.2 Å². The van der Waals surface area contributed by atoms with Crippen molar-refractivity contribution in [3.63, 3.8) is 0 Å². The van der Waals surface area contributed by atoms with E-state index in [0.29, 0.717) is 17.2 Å². The van der Waals surface area contributed by atoms with Crippen molar-refractivity contribution in [1.82, 2.24) is 5.32 Å². The topological polar surface area (TPSA) is 84.9 Å². The van der Waals surface area contributed by atoms with E-state index in [2.05, 4.69) is 5.32 Å². The Labute approximate surface area is 207 Å². The van der Waals surface area contributed by atoms with Crippen molar-refractivity contribution >= 4 is 21.6 Å². The fourth-order valence-corrected chi connectivity index (χ4v) is 5.33. The molecular formula is C27H32N2O5S. The average Bonchev–Trinajstić information content (AvgIpc) is 2.82. The van der Waals surface area contributed by atoms with Gasteiger partial charge >= 0.3 is 0 Å². The minimum Gasteiger partial charge on any atom is -0.493 e. The quantitative estimate of drug-likeness (QED) is 0.464. The highest BCUT2D eigenvalue weighted by molar-refractivity contribution is 7.92. The molecule has 0 radical (unpaired) electrons. The molecule has 0 aromatic heterocycles. The third-order valence-electron chi connectivity index (χ3n) is 5.80. The number of hydrogen-bond donors (Lipinski definition) is 1. The van der Waals surface area contributed by atoms with Crippen LogP contribution in [0.5, 0.6) is 11.5 Å². The predicted molar refractivity (Wildman–Crippen MR) is 138 cm³/mol. The number of hydrogen-bond acceptors (Lipinski definition) is 5. The Morgan fingerprint density at radius 1 is 0.886 bits per heavy atom. The highest BCUT2D eigenvalue weighted by Gasteiger charge is 2.29. The molecule has 3 aromatic rings. The molecular weight excluding hydrogens is 464 g/mol. The Hall–Kier alpha value is -3.52. The molecule has 0 fully saturated rings. The molecule has 35 heavy (non-hydrogen) atoms. The van der Waals surface area contributed by atoms with Crippen molar-refractivity contribution in [2.24, 2.45) is 0 Å². The SMILES string of the molecule is COc1ccc([C@H](C)NC(=O)CN(c2ccc(C)cc2C)S(=O)(=O)c2ccc(C)cc2)cc1OC. The van der Waals surface area contributed by atoms with Crippen molar-refractivity contribution in [3.8, 4) is 11.5 Å². The van der Waals surface area contributed by atoms with E-state index in [1.807, 2.05) is 45.9 Å². The number of nitrogens with zero attached hydrogens (tertiary/aromatic N) is 1. The number of anilines is 1. The minimum absolute atomic E-state index is 0.129. The Bertz CT molecular complexity index is 1300. The molecule has 7 nitrogen and oxygen atoms in total. The molecule has 0 aliphatic carbocycles. The van der Waals surface area contributed by atoms with Gasteiger partial charge in [-0.3, -0.25) is 9.10 Å². The second-order valence-electron chi connectivity index (χ2n) is 8.52. The summed E-state index contributed by atoms with van der Waals surface area (Å²) in [6.45, 7) is 7.13. The Morgan fingerprint density at radius 3 is 2.11 bits per heavy atom. The number of aryl methyl sites for hydroxylation is 3. The minimum atomic E-state index is -3.99. The van der Waals surface area contributed by atoms with E-state index < -0.39 is 15.9 Å². The molecule has 3 rings (SSSR count). The standard InChI is InChI=1S/C27H32N2O5S/c1-18-7-11-23(12-8-18)35(31,32)29(24-13-9-19(2)15-20(24)3)17-27(30)28-21(4)22-10-14-25(33-5)26(16-22)34-6/h7-16,21H,17H2,1-6H3,(H,28,30)/t21-/m0/s1. The van der Waals surface area contributed by atoms with Crippen LogP contribution in [-0.2, 0) is 14.8 Å². The summed E-state index contributed by atoms with van der Waals surface area (Å²) in [6.07, 6.45) is 0. The third-order valence-corrected chi connectivity index (χ3v) is 7.58. The van der Waals surface area contributed by atoms with Gasteiger partial charge < -0.3 is 14.8 Å². The second kappa shape index (κ2) is 10.8. The first kappa shape index (κ1) is 26.1. The van der Waals surface area contributed by atoms with Crippen LogP contribution < -0.4 is 19.1 Å². The van der Waals surface area contributed by atoms with E-state index in [4.69, 9.17) is 9.47 Å². The van der Waals surface area contributed by atoms with Crippen molar-refractivity contribution in [2.45, 2.75) is 38.6 Å². The molecule has 1 amide bonds. The molecule has 0 heterocycles. The zero-order valence-electron chi connectivity index (χ0n) is 21.0. The molecule has 0 aliphatic heterocycles. The van der Waals surface area contributed by atoms with Crippen LogP contribution >= 0.6 is 0 Å². The number of benzene rings is 3. The van der Waals surface area contributed by atoms with E-state index in [1.54, 1.807) is 56.7 Å². The van der Waals surface area contributed by atoms with Gasteiger partial charge in [-0.25, -0.2) is 8.42 Å². The van der Waals surface area contributed by atoms with E-state index >= 15 is 0 Å². The van der Waals surface area contributed by atoms with Crippen LogP contribution in [0.4, 0.5) is 5.69 Å². The van der Waals surface area contributed by atoms with Crippen molar-refractivity contribution < 1.29 is 22.7 Å². The molecule has 1 atom stereocenters. The summed E-state index contributed by atoms with van der Waals surface area (Å²) in [7, 11) is -0.887. The largest absolute Gasteiger partial charge is 0.493 e. The fourth-order valence-electron chi connectivity index (χ4n) is 3.85. The number of methoxy groups -OCH3 is 2. The van der Waals surface area contributed by atoms with Gasteiger partial charge in [-0.15, -0.1) is 0 Å². The lowest BCUT2D eigenvalue weighted by molar-refractivity contribution is -0.120. The maximum Gasteiger partial charge on any atom is 0.264 e. The Morgan fingerprint density at radius 2 is 1.51 bits per heavy atom. The lowest BCUT2D eigenvalue weighted by Gasteiger charge is -2.27. The zero-order valence-corrected chi connectivity index (χ0v) is 21.8. The summed E-state index contributed by atoms with van der Waals surface area (Å²) >= 11 is 0. The molecule has 0 spiro atoms. The summed E-state index contributed by atoms with van der Waals surface area (Å²) in [5.41, 5.74) is 3.98. The summed E-state index contributed by atoms with van der Waals surface area (Å²) in [6, 6.07) is 17.1. The summed E-state index contributed by atoms with van der Waals surface area (Å²) < 4.78 is 39.1. The van der Waals surface area contributed by atoms with Gasteiger partial charge in [0, 0.05) is 0 Å². The van der Waals surface area contributed by atoms with E-state index in [1.165, 1.54) is 4.31 Å². The van der Waals surface area contributed by atoms with Crippen molar-refractivity contribution in [2.75, 3.05) is 25.1 Å². The van der Waals surface area contributed by atoms with Crippen LogP contribution in [0.25, 0.3) is 0 Å². The van der Waals surface area contributed by atoms with Gasteiger partial charge in [0.05, 0.1) is 30.8 Å². The molecule has 1 N–H and O–H groups in total. The number of nitrogens with one attached hydrogen (secondary N) is 1. The first-order valence-electron chi connectivity index (χ1n) is 11.2. The smallest absolute Gasteiger partial charge is 0.264 e. The molecule has 0 bridgehead atoms. The molecule has 3 aromatic carbocycles. The van der Waals surface area contributed by atoms with Gasteiger partial charge in [-0.05, 0) is 69.2 Å². The maximum absolute atomic E-state index is 13.6. The van der Waals surface area contributed by atoms with Gasteiger partial charge in [-0.1, -0.05) is 41.5 Å². The Balaban J connectivity index is 1.91. The van der Waals surface area contributed by atoms with Crippen LogP contribution in [0, 0.1) is 20.8 Å². The van der Waals surface area contributed by atoms with Crippen LogP contribution in [0.1, 0.15) is 35.2 Å². The third kappa shape index (κ3) is 5.95. The molecule has 0 aliphatic rings. The summed E-state index contributed by atoms with van der Waals surface area (Å²) in [5, 5.41) is 2.91. The fraction of sp³-hybridized carbons (Fsp3) is 0.296. The number of ether oxygens (including phenoxy) is 2. The van der Waals surface area contributed by atoms with E-state index in [0.717, 1.165) is 22.3 Å². The molecule has 0 saturated heterocycles. The average molecular weight is 497 g/mol. The summed E-state index contributed by atoms with van der Waals surface area (Å²) in [4.78, 5) is 13.3. The monoisotopic (exact) mass is 496 g/mol. The Kier molecular flexibility index (Phi) is 8.07. The predicted octanol–water partition coefficient (Wildman–Crippen LogP) is 4.70. The van der Waals surface area contributed by atoms with Gasteiger partial charge in [-0.2, -0.15) is 0 Å². The van der Waals surface area contributed by atoms with Crippen LogP contribution in [0.15, 0.2) is 65.6 Å². The second-order valence-corrected chi connectivity index (χ2v) is 10.4.